The van der Waals surface area contributed by atoms with E-state index in [4.69, 9.17) is 10.8 Å². The number of hydrogen-bond acceptors (Lipinski definition) is 10. The third-order valence-corrected chi connectivity index (χ3v) is 6.89. The summed E-state index contributed by atoms with van der Waals surface area (Å²) in [5.41, 5.74) is 5.62. The van der Waals surface area contributed by atoms with Crippen LogP contribution in [-0.2, 0) is 26.0 Å². The van der Waals surface area contributed by atoms with Crippen LogP contribution in [0.5, 0.6) is 0 Å². The lowest BCUT2D eigenvalue weighted by molar-refractivity contribution is -0.138. The Morgan fingerprint density at radius 1 is 1.19 bits per heavy atom. The molecule has 0 spiro atoms. The number of rotatable bonds is 8. The molecule has 168 valence electrons. The highest BCUT2D eigenvalue weighted by Crippen LogP contribution is 2.21. The van der Waals surface area contributed by atoms with Crippen molar-refractivity contribution in [1.29, 1.82) is 0 Å². The van der Waals surface area contributed by atoms with Gasteiger partial charge in [0.15, 0.2) is 5.17 Å². The van der Waals surface area contributed by atoms with Crippen molar-refractivity contribution in [3.63, 3.8) is 0 Å². The average Bonchev–Trinajstić information content (AvgIpc) is 3.38. The van der Waals surface area contributed by atoms with E-state index >= 15 is 0 Å². The lowest BCUT2D eigenvalue weighted by Crippen LogP contribution is -2.14. The predicted molar refractivity (Wildman–Crippen MR) is 121 cm³/mol. The number of nitrogens with zero attached hydrogens (tertiary/aromatic N) is 3. The maximum Gasteiger partial charge on any atom is 0.303 e. The van der Waals surface area contributed by atoms with Crippen molar-refractivity contribution in [2.24, 2.45) is 10.7 Å². The molecule has 0 unspecified atom stereocenters. The highest BCUT2D eigenvalue weighted by Gasteiger charge is 2.17. The summed E-state index contributed by atoms with van der Waals surface area (Å²) >= 11 is 2.78. The van der Waals surface area contributed by atoms with E-state index in [9.17, 15) is 18.0 Å². The zero-order chi connectivity index (χ0) is 22.9. The molecule has 1 aromatic carbocycles. The van der Waals surface area contributed by atoms with Gasteiger partial charge in [-0.25, -0.2) is 8.42 Å². The molecule has 0 bridgehead atoms. The summed E-state index contributed by atoms with van der Waals surface area (Å²) in [7, 11) is -3.81. The van der Waals surface area contributed by atoms with Gasteiger partial charge >= 0.3 is 5.97 Å². The molecule has 0 atom stereocenters. The van der Waals surface area contributed by atoms with Gasteiger partial charge in [-0.2, -0.15) is 0 Å². The number of amides is 1. The Balaban J connectivity index is 0.000000488. The molecule has 0 radical (unpaired) electrons. The number of aliphatic imine (C=N–C) groups is 1. The summed E-state index contributed by atoms with van der Waals surface area (Å²) in [5, 5.41) is 20.3. The number of aliphatic carboxylic acids is 1. The Labute approximate surface area is 187 Å². The molecule has 5 N–H and O–H groups in total. The second-order valence-electron chi connectivity index (χ2n) is 5.99. The number of sulfonamides is 1. The van der Waals surface area contributed by atoms with Crippen molar-refractivity contribution < 1.29 is 23.1 Å². The molecule has 3 rings (SSSR count). The van der Waals surface area contributed by atoms with Gasteiger partial charge in [0.1, 0.15) is 5.01 Å². The standard InChI is InChI=1S/C14H16N4O5S2.C3H6N2S/c1-2-12-16-17-14(24-12)18-25(22,23)10-5-3-9(4-6-10)15-11(19)7-8-13(20)21;4-3-5-1-2-6-3/h3-6H,2,7-8H2,1H3,(H,15,19)(H,17,18)(H,20,21);1-2H2,(H2,4,5). The first-order valence-corrected chi connectivity index (χ1v) is 12.4. The number of carboxylic acid groups (broad SMARTS) is 1. The second-order valence-corrected chi connectivity index (χ2v) is 9.85. The molecule has 31 heavy (non-hydrogen) atoms. The maximum atomic E-state index is 12.3. The minimum Gasteiger partial charge on any atom is -0.481 e. The first-order chi connectivity index (χ1) is 14.7. The van der Waals surface area contributed by atoms with Gasteiger partial charge in [0, 0.05) is 17.9 Å². The summed E-state index contributed by atoms with van der Waals surface area (Å²) in [6.07, 6.45) is 0.229. The van der Waals surface area contributed by atoms with E-state index in [1.54, 1.807) is 11.8 Å². The number of nitrogens with one attached hydrogen (secondary N) is 2. The van der Waals surface area contributed by atoms with Crippen LogP contribution in [0.2, 0.25) is 0 Å². The molecule has 1 aliphatic heterocycles. The minimum absolute atomic E-state index is 0.00397. The van der Waals surface area contributed by atoms with Gasteiger partial charge in [0.2, 0.25) is 11.0 Å². The molecule has 14 heteroatoms. The van der Waals surface area contributed by atoms with Crippen LogP contribution in [0, 0.1) is 0 Å². The topological polar surface area (TPSA) is 177 Å². The van der Waals surface area contributed by atoms with E-state index in [1.807, 2.05) is 6.92 Å². The predicted octanol–water partition coefficient (Wildman–Crippen LogP) is 1.75. The monoisotopic (exact) mass is 486 g/mol. The van der Waals surface area contributed by atoms with Crippen LogP contribution in [0.1, 0.15) is 24.8 Å². The normalized spacial score (nSPS) is 13.0. The number of anilines is 2. The highest BCUT2D eigenvalue weighted by molar-refractivity contribution is 8.14. The van der Waals surface area contributed by atoms with Crippen molar-refractivity contribution >= 4 is 61.0 Å². The van der Waals surface area contributed by atoms with E-state index in [0.29, 0.717) is 12.1 Å². The largest absolute Gasteiger partial charge is 0.481 e. The summed E-state index contributed by atoms with van der Waals surface area (Å²) in [6.45, 7) is 2.80. The number of aryl methyl sites for hydroxylation is 1. The van der Waals surface area contributed by atoms with Crippen molar-refractivity contribution in [3.8, 4) is 0 Å². The minimum atomic E-state index is -3.81. The number of carboxylic acids is 1. The van der Waals surface area contributed by atoms with Crippen molar-refractivity contribution in [2.75, 3.05) is 22.3 Å². The van der Waals surface area contributed by atoms with Crippen LogP contribution in [-0.4, -0.2) is 53.1 Å². The number of aromatic nitrogens is 2. The third-order valence-electron chi connectivity index (χ3n) is 3.61. The van der Waals surface area contributed by atoms with E-state index in [-0.39, 0.29) is 22.9 Å². The fourth-order valence-electron chi connectivity index (χ4n) is 2.12. The molecule has 2 heterocycles. The van der Waals surface area contributed by atoms with Gasteiger partial charge < -0.3 is 16.2 Å². The third kappa shape index (κ3) is 8.51. The Bertz CT molecular complexity index is 1040. The molecular formula is C17H22N6O5S3. The van der Waals surface area contributed by atoms with Crippen LogP contribution in [0.15, 0.2) is 34.2 Å². The fourth-order valence-corrected chi connectivity index (χ4v) is 4.61. The molecule has 0 saturated carbocycles. The number of benzene rings is 1. The lowest BCUT2D eigenvalue weighted by Gasteiger charge is -2.07. The molecule has 1 aromatic heterocycles. The summed E-state index contributed by atoms with van der Waals surface area (Å²) in [6, 6.07) is 5.50. The molecule has 1 aliphatic rings. The summed E-state index contributed by atoms with van der Waals surface area (Å²) < 4.78 is 26.9. The van der Waals surface area contributed by atoms with Gasteiger partial charge in [-0.1, -0.05) is 30.0 Å². The van der Waals surface area contributed by atoms with E-state index in [0.717, 1.165) is 33.8 Å². The Kier molecular flexibility index (Phi) is 9.21. The van der Waals surface area contributed by atoms with Crippen molar-refractivity contribution in [3.05, 3.63) is 29.3 Å². The quantitative estimate of drug-likeness (QED) is 0.433. The van der Waals surface area contributed by atoms with Gasteiger partial charge in [0.05, 0.1) is 17.9 Å². The summed E-state index contributed by atoms with van der Waals surface area (Å²) in [5.74, 6) is -0.450. The van der Waals surface area contributed by atoms with Crippen molar-refractivity contribution in [2.45, 2.75) is 31.1 Å². The fraction of sp³-hybridized carbons (Fsp3) is 0.353. The highest BCUT2D eigenvalue weighted by atomic mass is 32.2. The second kappa shape index (κ2) is 11.6. The molecule has 2 aromatic rings. The first-order valence-electron chi connectivity index (χ1n) is 9.09. The molecule has 0 fully saturated rings. The van der Waals surface area contributed by atoms with Gasteiger partial charge in [-0.3, -0.25) is 19.3 Å². The first kappa shape index (κ1) is 24.6. The van der Waals surface area contributed by atoms with Crippen LogP contribution < -0.4 is 15.8 Å². The molecule has 0 aliphatic carbocycles. The van der Waals surface area contributed by atoms with Crippen LogP contribution >= 0.6 is 23.1 Å². The molecular weight excluding hydrogens is 464 g/mol. The Hall–Kier alpha value is -2.71. The van der Waals surface area contributed by atoms with Gasteiger partial charge in [-0.05, 0) is 30.7 Å². The number of thioether (sulfide) groups is 1. The summed E-state index contributed by atoms with van der Waals surface area (Å²) in [4.78, 5) is 25.9. The number of nitrogens with two attached hydrogens (primary N) is 1. The molecule has 0 saturated heterocycles. The van der Waals surface area contributed by atoms with E-state index in [1.165, 1.54) is 24.3 Å². The zero-order valence-electron chi connectivity index (χ0n) is 16.6. The molecule has 1 amide bonds. The van der Waals surface area contributed by atoms with Crippen molar-refractivity contribution in [1.82, 2.24) is 10.2 Å². The van der Waals surface area contributed by atoms with Crippen LogP contribution in [0.3, 0.4) is 0 Å². The van der Waals surface area contributed by atoms with Gasteiger partial charge in [-0.15, -0.1) is 10.2 Å². The van der Waals surface area contributed by atoms with E-state index in [2.05, 4.69) is 25.2 Å². The van der Waals surface area contributed by atoms with E-state index < -0.39 is 21.9 Å². The number of hydrogen-bond donors (Lipinski definition) is 4. The zero-order valence-corrected chi connectivity index (χ0v) is 19.0. The average molecular weight is 487 g/mol. The van der Waals surface area contributed by atoms with Crippen LogP contribution in [0.25, 0.3) is 0 Å². The maximum absolute atomic E-state index is 12.3. The number of carbonyl (C=O) groups excluding carboxylic acids is 1. The van der Waals surface area contributed by atoms with Gasteiger partial charge in [0.25, 0.3) is 10.0 Å². The SMILES string of the molecule is CCc1nnc(NS(=O)(=O)c2ccc(NC(=O)CCC(=O)O)cc2)s1.NC1=NCCS1. The number of carbonyl (C=O) groups is 2. The smallest absolute Gasteiger partial charge is 0.303 e. The molecule has 11 nitrogen and oxygen atoms in total. The Morgan fingerprint density at radius 3 is 2.39 bits per heavy atom. The van der Waals surface area contributed by atoms with Crippen LogP contribution in [0.4, 0.5) is 10.8 Å². The number of amidine groups is 1. The lowest BCUT2D eigenvalue weighted by atomic mass is 10.2. The Morgan fingerprint density at radius 2 is 1.90 bits per heavy atom.